The Morgan fingerprint density at radius 1 is 1.35 bits per heavy atom. The molecular weight excluding hydrogens is 243 g/mol. The molecule has 0 spiro atoms. The molecule has 0 amide bonds. The van der Waals surface area contributed by atoms with Crippen LogP contribution in [0, 0.1) is 0 Å². The molecule has 0 saturated carbocycles. The van der Waals surface area contributed by atoms with Crippen LogP contribution in [0.3, 0.4) is 0 Å². The van der Waals surface area contributed by atoms with Gasteiger partial charge in [-0.3, -0.25) is 0 Å². The number of benzene rings is 1. The molecule has 0 heterocycles. The van der Waals surface area contributed by atoms with E-state index in [1.807, 2.05) is 0 Å². The van der Waals surface area contributed by atoms with Crippen LogP contribution in [0.2, 0.25) is 0 Å². The van der Waals surface area contributed by atoms with Crippen LogP contribution in [0.4, 0.5) is 0 Å². The molecule has 0 fully saturated rings. The van der Waals surface area contributed by atoms with Crippen molar-refractivity contribution in [2.45, 2.75) is 6.92 Å². The fourth-order valence-electron chi connectivity index (χ4n) is 1.20. The van der Waals surface area contributed by atoms with Crippen LogP contribution >= 0.6 is 0 Å². The first-order chi connectivity index (χ1) is 7.94. The van der Waals surface area contributed by atoms with Crippen molar-refractivity contribution in [1.82, 2.24) is 0 Å². The molecule has 0 aliphatic rings. The molecule has 94 valence electrons. The van der Waals surface area contributed by atoms with Crippen molar-refractivity contribution in [3.63, 3.8) is 0 Å². The van der Waals surface area contributed by atoms with Gasteiger partial charge in [0.1, 0.15) is 12.4 Å². The summed E-state index contributed by atoms with van der Waals surface area (Å²) in [4.78, 5) is 0. The third-order valence-electron chi connectivity index (χ3n) is 2.26. The number of hydrogen-bond acceptors (Lipinski definition) is 5. The zero-order valence-electron chi connectivity index (χ0n) is 9.54. The molecule has 0 bridgehead atoms. The molecule has 1 rings (SSSR count). The summed E-state index contributed by atoms with van der Waals surface area (Å²) in [5.41, 5.74) is 0.306. The Morgan fingerprint density at radius 2 is 2.06 bits per heavy atom. The maximum atomic E-state index is 11.2. The summed E-state index contributed by atoms with van der Waals surface area (Å²) < 4.78 is 27.6. The molecule has 1 aromatic carbocycles. The molecule has 5 nitrogen and oxygen atoms in total. The lowest BCUT2D eigenvalue weighted by molar-refractivity contribution is 0.341. The Morgan fingerprint density at radius 3 is 2.65 bits per heavy atom. The highest BCUT2D eigenvalue weighted by Crippen LogP contribution is 2.07. The first-order valence-corrected chi connectivity index (χ1v) is 7.06. The van der Waals surface area contributed by atoms with Crippen LogP contribution in [0.15, 0.2) is 24.3 Å². The van der Waals surface area contributed by atoms with Gasteiger partial charge in [0.25, 0.3) is 0 Å². The lowest BCUT2D eigenvalue weighted by Crippen LogP contribution is -2.29. The van der Waals surface area contributed by atoms with Crippen LogP contribution in [0.25, 0.3) is 0 Å². The molecule has 0 radical (unpaired) electrons. The van der Waals surface area contributed by atoms with Crippen LogP contribution in [0.1, 0.15) is 6.92 Å². The van der Waals surface area contributed by atoms with Gasteiger partial charge in [-0.2, -0.15) is 0 Å². The molecule has 2 N–H and O–H groups in total. The molecule has 0 atom stereocenters. The minimum atomic E-state index is -3.04. The van der Waals surface area contributed by atoms with Gasteiger partial charge in [0, 0.05) is 5.75 Å². The summed E-state index contributed by atoms with van der Waals surface area (Å²) in [6.45, 7) is 1.64. The number of sulfone groups is 1. The fraction of sp³-hybridized carbons (Fsp3) is 0.400. The van der Waals surface area contributed by atoms with Crippen molar-refractivity contribution in [1.29, 1.82) is 0 Å². The van der Waals surface area contributed by atoms with Gasteiger partial charge in [-0.1, -0.05) is 19.1 Å². The van der Waals surface area contributed by atoms with E-state index in [2.05, 4.69) is 0 Å². The van der Waals surface area contributed by atoms with Gasteiger partial charge in [0.15, 0.2) is 9.84 Å². The third-order valence-corrected chi connectivity index (χ3v) is 3.93. The zero-order valence-corrected chi connectivity index (χ0v) is 10.4. The monoisotopic (exact) mass is 258 g/mol. The topological polar surface area (TPSA) is 83.8 Å². The predicted octanol–water partition coefficient (Wildman–Crippen LogP) is -0.820. The van der Waals surface area contributed by atoms with E-state index in [0.29, 0.717) is 11.2 Å². The van der Waals surface area contributed by atoms with Gasteiger partial charge in [0.2, 0.25) is 0 Å². The van der Waals surface area contributed by atoms with Gasteiger partial charge in [-0.15, -0.1) is 0 Å². The van der Waals surface area contributed by atoms with E-state index in [9.17, 15) is 8.42 Å². The molecule has 0 unspecified atom stereocenters. The average Bonchev–Trinajstić information content (AvgIpc) is 2.29. The SMILES string of the molecule is CCS(=O)(=O)CCOc1cccc(B(O)O)c1. The Kier molecular flexibility index (Phi) is 4.98. The van der Waals surface area contributed by atoms with E-state index in [0.717, 1.165) is 0 Å². The second-order valence-electron chi connectivity index (χ2n) is 3.53. The van der Waals surface area contributed by atoms with Crippen molar-refractivity contribution in [2.24, 2.45) is 0 Å². The van der Waals surface area contributed by atoms with Gasteiger partial charge >= 0.3 is 7.12 Å². The van der Waals surface area contributed by atoms with Crippen LogP contribution < -0.4 is 10.2 Å². The van der Waals surface area contributed by atoms with E-state index in [4.69, 9.17) is 14.8 Å². The van der Waals surface area contributed by atoms with E-state index in [1.54, 1.807) is 25.1 Å². The number of ether oxygens (including phenoxy) is 1. The number of rotatable bonds is 6. The predicted molar refractivity (Wildman–Crippen MR) is 66.1 cm³/mol. The fourth-order valence-corrected chi connectivity index (χ4v) is 1.82. The average molecular weight is 258 g/mol. The summed E-state index contributed by atoms with van der Waals surface area (Å²) in [5, 5.41) is 17.9. The molecule has 0 aliphatic heterocycles. The van der Waals surface area contributed by atoms with Crippen molar-refractivity contribution in [3.8, 4) is 5.75 Å². The van der Waals surface area contributed by atoms with Gasteiger partial charge in [-0.25, -0.2) is 8.42 Å². The molecule has 1 aromatic rings. The van der Waals surface area contributed by atoms with Crippen LogP contribution in [-0.2, 0) is 9.84 Å². The summed E-state index contributed by atoms with van der Waals surface area (Å²) in [6, 6.07) is 6.24. The van der Waals surface area contributed by atoms with E-state index in [-0.39, 0.29) is 18.1 Å². The van der Waals surface area contributed by atoms with Crippen molar-refractivity contribution in [2.75, 3.05) is 18.1 Å². The minimum absolute atomic E-state index is 0.0462. The molecule has 0 saturated heterocycles. The summed E-state index contributed by atoms with van der Waals surface area (Å²) in [7, 11) is -4.60. The lowest BCUT2D eigenvalue weighted by atomic mass is 9.80. The third kappa shape index (κ3) is 4.76. The Hall–Kier alpha value is -1.05. The van der Waals surface area contributed by atoms with Crippen molar-refractivity contribution < 1.29 is 23.2 Å². The first-order valence-electron chi connectivity index (χ1n) is 5.24. The number of hydrogen-bond donors (Lipinski definition) is 2. The largest absolute Gasteiger partial charge is 0.493 e. The van der Waals surface area contributed by atoms with Crippen molar-refractivity contribution >= 4 is 22.4 Å². The summed E-state index contributed by atoms with van der Waals surface area (Å²) >= 11 is 0. The Labute approximate surface area is 101 Å². The quantitative estimate of drug-likeness (QED) is 0.651. The zero-order chi connectivity index (χ0) is 12.9. The summed E-state index contributed by atoms with van der Waals surface area (Å²) in [6.07, 6.45) is 0. The van der Waals surface area contributed by atoms with E-state index < -0.39 is 17.0 Å². The second-order valence-corrected chi connectivity index (χ2v) is 6.00. The minimum Gasteiger partial charge on any atom is -0.493 e. The van der Waals surface area contributed by atoms with Gasteiger partial charge < -0.3 is 14.8 Å². The van der Waals surface area contributed by atoms with E-state index >= 15 is 0 Å². The molecule has 17 heavy (non-hydrogen) atoms. The highest BCUT2D eigenvalue weighted by molar-refractivity contribution is 7.91. The highest BCUT2D eigenvalue weighted by Gasteiger charge is 2.12. The molecule has 7 heteroatoms. The molecule has 0 aromatic heterocycles. The lowest BCUT2D eigenvalue weighted by Gasteiger charge is -2.07. The first kappa shape index (κ1) is 14.0. The normalized spacial score (nSPS) is 11.2. The maximum Gasteiger partial charge on any atom is 0.488 e. The molecular formula is C10H15BO5S. The maximum absolute atomic E-state index is 11.2. The van der Waals surface area contributed by atoms with Crippen LogP contribution in [-0.4, -0.2) is 43.7 Å². The Bertz CT molecular complexity index is 458. The van der Waals surface area contributed by atoms with Crippen LogP contribution in [0.5, 0.6) is 5.75 Å². The van der Waals surface area contributed by atoms with Gasteiger partial charge in [0.05, 0.1) is 5.75 Å². The highest BCUT2D eigenvalue weighted by atomic mass is 32.2. The standard InChI is InChI=1S/C10H15BO5S/c1-2-17(14,15)7-6-16-10-5-3-4-9(8-10)11(12)13/h3-5,8,12-13H,2,6-7H2,1H3. The Balaban J connectivity index is 2.55. The molecule has 0 aliphatic carbocycles. The van der Waals surface area contributed by atoms with Crippen molar-refractivity contribution in [3.05, 3.63) is 24.3 Å². The van der Waals surface area contributed by atoms with E-state index in [1.165, 1.54) is 6.07 Å². The second kappa shape index (κ2) is 6.04. The smallest absolute Gasteiger partial charge is 0.488 e. The van der Waals surface area contributed by atoms with Gasteiger partial charge in [-0.05, 0) is 17.6 Å². The summed E-state index contributed by atoms with van der Waals surface area (Å²) in [5.74, 6) is 0.461.